The first-order valence-electron chi connectivity index (χ1n) is 5.79. The van der Waals surface area contributed by atoms with Crippen LogP contribution >= 0.6 is 12.4 Å². The Kier molecular flexibility index (Phi) is 3.69. The maximum atomic E-state index is 11.7. The number of rotatable bonds is 3. The largest absolute Gasteiger partial charge is 0.460 e. The summed E-state index contributed by atoms with van der Waals surface area (Å²) in [6.07, 6.45) is 2.20. The summed E-state index contributed by atoms with van der Waals surface area (Å²) in [5.41, 5.74) is 1.04. The molecular weight excluding hydrogens is 238 g/mol. The van der Waals surface area contributed by atoms with Crippen LogP contribution in [0.15, 0.2) is 30.3 Å². The highest BCUT2D eigenvalue weighted by atomic mass is 35.5. The minimum atomic E-state index is -0.101. The summed E-state index contributed by atoms with van der Waals surface area (Å²) in [5.74, 6) is 0.630. The standard InChI is InChI=1S/C13H15NO2.ClH/c15-13(12-7-10-6-11(10)14-12)16-8-9-4-2-1-3-5-9;/h1-5,10-12,14H,6-8H2;1H. The number of nitrogens with one attached hydrogen (secondary N) is 1. The predicted octanol–water partition coefficient (Wildman–Crippen LogP) is 1.90. The van der Waals surface area contributed by atoms with Crippen molar-refractivity contribution in [1.82, 2.24) is 5.32 Å². The third-order valence-corrected chi connectivity index (χ3v) is 3.38. The maximum Gasteiger partial charge on any atom is 0.323 e. The molecule has 1 saturated carbocycles. The van der Waals surface area contributed by atoms with Crippen molar-refractivity contribution in [3.8, 4) is 0 Å². The van der Waals surface area contributed by atoms with Crippen molar-refractivity contribution in [2.75, 3.05) is 0 Å². The Morgan fingerprint density at radius 2 is 2.06 bits per heavy atom. The van der Waals surface area contributed by atoms with Crippen LogP contribution in [0, 0.1) is 5.92 Å². The van der Waals surface area contributed by atoms with E-state index >= 15 is 0 Å². The molecule has 0 aromatic heterocycles. The fourth-order valence-electron chi connectivity index (χ4n) is 2.33. The molecule has 1 N–H and O–H groups in total. The third kappa shape index (κ3) is 2.79. The van der Waals surface area contributed by atoms with Crippen molar-refractivity contribution in [2.24, 2.45) is 5.92 Å². The second-order valence-corrected chi connectivity index (χ2v) is 4.65. The van der Waals surface area contributed by atoms with Crippen LogP contribution in [0.4, 0.5) is 0 Å². The van der Waals surface area contributed by atoms with E-state index in [0.717, 1.165) is 17.9 Å². The number of piperidine rings is 1. The number of ether oxygens (including phenoxy) is 1. The van der Waals surface area contributed by atoms with Crippen LogP contribution in [0.1, 0.15) is 18.4 Å². The highest BCUT2D eigenvalue weighted by molar-refractivity contribution is 5.85. The molecule has 1 aromatic rings. The monoisotopic (exact) mass is 253 g/mol. The number of benzene rings is 1. The highest BCUT2D eigenvalue weighted by Crippen LogP contribution is 2.40. The minimum absolute atomic E-state index is 0. The Bertz CT molecular complexity index is 386. The molecule has 0 spiro atoms. The Morgan fingerprint density at radius 3 is 2.71 bits per heavy atom. The van der Waals surface area contributed by atoms with Crippen LogP contribution in [-0.2, 0) is 16.1 Å². The number of fused-ring (bicyclic) bond motifs is 1. The van der Waals surface area contributed by atoms with E-state index in [1.165, 1.54) is 6.42 Å². The summed E-state index contributed by atoms with van der Waals surface area (Å²) < 4.78 is 5.28. The Labute approximate surface area is 107 Å². The number of esters is 1. The molecule has 92 valence electrons. The van der Waals surface area contributed by atoms with Gasteiger partial charge in [0.15, 0.2) is 0 Å². The third-order valence-electron chi connectivity index (χ3n) is 3.38. The number of carbonyl (C=O) groups is 1. The van der Waals surface area contributed by atoms with Crippen LogP contribution in [-0.4, -0.2) is 18.1 Å². The van der Waals surface area contributed by atoms with Crippen LogP contribution in [0.2, 0.25) is 0 Å². The molecule has 0 amide bonds. The Hall–Kier alpha value is -1.06. The second kappa shape index (κ2) is 5.07. The highest BCUT2D eigenvalue weighted by Gasteiger charge is 2.48. The molecule has 2 fully saturated rings. The normalized spacial score (nSPS) is 29.1. The zero-order valence-corrected chi connectivity index (χ0v) is 10.3. The number of hydrogen-bond donors (Lipinski definition) is 1. The molecule has 3 unspecified atom stereocenters. The van der Waals surface area contributed by atoms with Gasteiger partial charge in [-0.3, -0.25) is 4.79 Å². The van der Waals surface area contributed by atoms with E-state index < -0.39 is 0 Å². The second-order valence-electron chi connectivity index (χ2n) is 4.65. The number of carbonyl (C=O) groups excluding carboxylic acids is 1. The van der Waals surface area contributed by atoms with Gasteiger partial charge in [-0.2, -0.15) is 0 Å². The topological polar surface area (TPSA) is 38.3 Å². The Morgan fingerprint density at radius 1 is 1.29 bits per heavy atom. The SMILES string of the molecule is Cl.O=C(OCc1ccccc1)C1CC2CC2N1. The average molecular weight is 254 g/mol. The van der Waals surface area contributed by atoms with Crippen LogP contribution in [0.25, 0.3) is 0 Å². The molecule has 0 bridgehead atoms. The van der Waals surface area contributed by atoms with Gasteiger partial charge in [-0.15, -0.1) is 12.4 Å². The van der Waals surface area contributed by atoms with E-state index in [1.807, 2.05) is 30.3 Å². The smallest absolute Gasteiger partial charge is 0.323 e. The van der Waals surface area contributed by atoms with Gasteiger partial charge in [0.25, 0.3) is 0 Å². The first kappa shape index (κ1) is 12.4. The van der Waals surface area contributed by atoms with Crippen molar-refractivity contribution in [2.45, 2.75) is 31.5 Å². The van der Waals surface area contributed by atoms with E-state index in [9.17, 15) is 4.79 Å². The van der Waals surface area contributed by atoms with E-state index in [-0.39, 0.29) is 24.4 Å². The van der Waals surface area contributed by atoms with Crippen LogP contribution < -0.4 is 5.32 Å². The van der Waals surface area contributed by atoms with Gasteiger partial charge in [0.05, 0.1) is 0 Å². The van der Waals surface area contributed by atoms with E-state index in [4.69, 9.17) is 4.74 Å². The number of halogens is 1. The van der Waals surface area contributed by atoms with Gasteiger partial charge in [0, 0.05) is 6.04 Å². The molecule has 17 heavy (non-hydrogen) atoms. The van der Waals surface area contributed by atoms with Crippen molar-refractivity contribution < 1.29 is 9.53 Å². The van der Waals surface area contributed by atoms with Gasteiger partial charge in [-0.25, -0.2) is 0 Å². The molecule has 3 atom stereocenters. The summed E-state index contributed by atoms with van der Waals surface area (Å²) in [4.78, 5) is 11.7. The average Bonchev–Trinajstić information content (AvgIpc) is 2.94. The zero-order valence-electron chi connectivity index (χ0n) is 9.46. The molecule has 1 saturated heterocycles. The molecule has 4 heteroatoms. The Balaban J connectivity index is 0.00000108. The van der Waals surface area contributed by atoms with Crippen molar-refractivity contribution in [3.05, 3.63) is 35.9 Å². The fourth-order valence-corrected chi connectivity index (χ4v) is 2.33. The lowest BCUT2D eigenvalue weighted by Crippen LogP contribution is -2.35. The summed E-state index contributed by atoms with van der Waals surface area (Å²) in [7, 11) is 0. The first-order valence-corrected chi connectivity index (χ1v) is 5.79. The summed E-state index contributed by atoms with van der Waals surface area (Å²) >= 11 is 0. The molecule has 1 aliphatic heterocycles. The molecule has 3 rings (SSSR count). The molecular formula is C13H16ClNO2. The van der Waals surface area contributed by atoms with E-state index in [1.54, 1.807) is 0 Å². The lowest BCUT2D eigenvalue weighted by molar-refractivity contribution is -0.147. The molecule has 1 heterocycles. The van der Waals surface area contributed by atoms with Crippen molar-refractivity contribution >= 4 is 18.4 Å². The van der Waals surface area contributed by atoms with Gasteiger partial charge in [-0.1, -0.05) is 30.3 Å². The maximum absolute atomic E-state index is 11.7. The van der Waals surface area contributed by atoms with Gasteiger partial charge in [0.2, 0.25) is 0 Å². The molecule has 0 radical (unpaired) electrons. The lowest BCUT2D eigenvalue weighted by atomic mass is 10.2. The van der Waals surface area contributed by atoms with Gasteiger partial charge >= 0.3 is 5.97 Å². The summed E-state index contributed by atoms with van der Waals surface area (Å²) in [5, 5.41) is 3.29. The number of hydrogen-bond acceptors (Lipinski definition) is 3. The summed E-state index contributed by atoms with van der Waals surface area (Å²) in [6, 6.07) is 10.3. The van der Waals surface area contributed by atoms with Crippen LogP contribution in [0.3, 0.4) is 0 Å². The zero-order chi connectivity index (χ0) is 11.0. The quantitative estimate of drug-likeness (QED) is 0.837. The van der Waals surface area contributed by atoms with Crippen molar-refractivity contribution in [3.63, 3.8) is 0 Å². The predicted molar refractivity (Wildman–Crippen MR) is 66.9 cm³/mol. The molecule has 1 aromatic carbocycles. The van der Waals surface area contributed by atoms with E-state index in [2.05, 4.69) is 5.32 Å². The molecule has 2 aliphatic rings. The molecule has 3 nitrogen and oxygen atoms in total. The van der Waals surface area contributed by atoms with Gasteiger partial charge < -0.3 is 10.1 Å². The minimum Gasteiger partial charge on any atom is -0.460 e. The first-order chi connectivity index (χ1) is 7.83. The lowest BCUT2D eigenvalue weighted by Gasteiger charge is -2.12. The van der Waals surface area contributed by atoms with E-state index in [0.29, 0.717) is 12.6 Å². The van der Waals surface area contributed by atoms with Gasteiger partial charge in [-0.05, 0) is 24.3 Å². The van der Waals surface area contributed by atoms with Crippen LogP contribution in [0.5, 0.6) is 0 Å². The molecule has 1 aliphatic carbocycles. The van der Waals surface area contributed by atoms with Gasteiger partial charge in [0.1, 0.15) is 12.6 Å². The summed E-state index contributed by atoms with van der Waals surface area (Å²) in [6.45, 7) is 0.382. The van der Waals surface area contributed by atoms with Crippen molar-refractivity contribution in [1.29, 1.82) is 0 Å². The fraction of sp³-hybridized carbons (Fsp3) is 0.462.